The maximum atomic E-state index is 12.4. The number of hydrogen-bond donors (Lipinski definition) is 0. The van der Waals surface area contributed by atoms with E-state index in [4.69, 9.17) is 0 Å². The number of rotatable bonds is 6. The fourth-order valence-electron chi connectivity index (χ4n) is 1.55. The third-order valence-electron chi connectivity index (χ3n) is 2.91. The smallest absolute Gasteiger partial charge is 0.380 e. The molecule has 19 heavy (non-hydrogen) atoms. The summed E-state index contributed by atoms with van der Waals surface area (Å²) in [5.41, 5.74) is -4.88. The number of halogens is 3. The topological polar surface area (TPSA) is 43.4 Å². The van der Waals surface area contributed by atoms with Crippen molar-refractivity contribution in [3.8, 4) is 0 Å². The molecule has 0 N–H and O–H groups in total. The molecule has 0 aliphatic carbocycles. The van der Waals surface area contributed by atoms with Crippen LogP contribution in [0.5, 0.6) is 0 Å². The van der Waals surface area contributed by atoms with E-state index in [1.54, 1.807) is 27.7 Å². The van der Waals surface area contributed by atoms with Crippen LogP contribution in [0.4, 0.5) is 13.2 Å². The molecule has 7 heteroatoms. The van der Waals surface area contributed by atoms with Crippen molar-refractivity contribution in [2.75, 3.05) is 0 Å². The Bertz CT molecular complexity index is 422. The molecular weight excluding hydrogens is 281 g/mol. The summed E-state index contributed by atoms with van der Waals surface area (Å²) in [6, 6.07) is 0. The summed E-state index contributed by atoms with van der Waals surface area (Å²) < 4.78 is 63.7. The summed E-state index contributed by atoms with van der Waals surface area (Å²) in [4.78, 5) is 0. The van der Waals surface area contributed by atoms with Crippen molar-refractivity contribution in [2.24, 2.45) is 11.8 Å². The monoisotopic (exact) mass is 302 g/mol. The molecule has 0 heterocycles. The van der Waals surface area contributed by atoms with Crippen LogP contribution in [0.2, 0.25) is 0 Å². The van der Waals surface area contributed by atoms with E-state index in [2.05, 4.69) is 4.18 Å². The Hall–Kier alpha value is -0.720. The molecule has 0 radical (unpaired) electrons. The summed E-state index contributed by atoms with van der Waals surface area (Å²) in [5, 5.41) is 0. The van der Waals surface area contributed by atoms with Crippen molar-refractivity contribution in [1.82, 2.24) is 0 Å². The molecule has 114 valence electrons. The highest BCUT2D eigenvalue weighted by atomic mass is 32.2. The van der Waals surface area contributed by atoms with Gasteiger partial charge in [0.05, 0.1) is 0 Å². The molecule has 0 aliphatic rings. The Balaban J connectivity index is 5.50. The Morgan fingerprint density at radius 3 is 2.00 bits per heavy atom. The average Bonchev–Trinajstić information content (AvgIpc) is 2.23. The second-order valence-corrected chi connectivity index (χ2v) is 6.41. The maximum Gasteiger partial charge on any atom is 0.534 e. The van der Waals surface area contributed by atoms with Crippen molar-refractivity contribution in [1.29, 1.82) is 0 Å². The van der Waals surface area contributed by atoms with Crippen LogP contribution in [-0.4, -0.2) is 13.9 Å². The standard InChI is InChI=1S/C12H21F3O3S/c1-6-7-9(4)11(10(5)8(2)3)18-19(16,17)12(13,14)15/h8-9H,6-7H2,1-5H3/b11-10-/t9-/m1/s1. The van der Waals surface area contributed by atoms with E-state index in [0.29, 0.717) is 12.0 Å². The normalized spacial score (nSPS) is 16.3. The summed E-state index contributed by atoms with van der Waals surface area (Å²) in [6.45, 7) is 8.68. The first-order chi connectivity index (χ1) is 8.44. The fourth-order valence-corrected chi connectivity index (χ4v) is 2.18. The van der Waals surface area contributed by atoms with E-state index in [0.717, 1.165) is 6.42 Å². The quantitative estimate of drug-likeness (QED) is 0.419. The molecular formula is C12H21F3O3S. The Morgan fingerprint density at radius 2 is 1.68 bits per heavy atom. The maximum absolute atomic E-state index is 12.4. The van der Waals surface area contributed by atoms with Crippen molar-refractivity contribution < 1.29 is 25.8 Å². The van der Waals surface area contributed by atoms with Crippen LogP contribution in [0.1, 0.15) is 47.5 Å². The second kappa shape index (κ2) is 6.63. The third kappa shape index (κ3) is 5.04. The van der Waals surface area contributed by atoms with E-state index in [1.165, 1.54) is 0 Å². The van der Waals surface area contributed by atoms with Gasteiger partial charge in [0.1, 0.15) is 5.76 Å². The van der Waals surface area contributed by atoms with Gasteiger partial charge in [-0.05, 0) is 24.8 Å². The van der Waals surface area contributed by atoms with Gasteiger partial charge in [0.2, 0.25) is 0 Å². The average molecular weight is 302 g/mol. The zero-order chi connectivity index (χ0) is 15.4. The first-order valence-electron chi connectivity index (χ1n) is 6.15. The Labute approximate surface area is 113 Å². The molecule has 0 saturated heterocycles. The van der Waals surface area contributed by atoms with Crippen LogP contribution in [0.25, 0.3) is 0 Å². The van der Waals surface area contributed by atoms with Crippen molar-refractivity contribution >= 4 is 10.1 Å². The zero-order valence-corrected chi connectivity index (χ0v) is 12.7. The predicted molar refractivity (Wildman–Crippen MR) is 67.7 cm³/mol. The first-order valence-corrected chi connectivity index (χ1v) is 7.56. The predicted octanol–water partition coefficient (Wildman–Crippen LogP) is 4.22. The van der Waals surface area contributed by atoms with Crippen molar-refractivity contribution in [2.45, 2.75) is 53.0 Å². The molecule has 0 fully saturated rings. The van der Waals surface area contributed by atoms with Gasteiger partial charge in [-0.25, -0.2) is 0 Å². The van der Waals surface area contributed by atoms with Gasteiger partial charge in [0.25, 0.3) is 0 Å². The highest BCUT2D eigenvalue weighted by Gasteiger charge is 2.49. The minimum Gasteiger partial charge on any atom is -0.380 e. The van der Waals surface area contributed by atoms with E-state index in [-0.39, 0.29) is 17.6 Å². The minimum absolute atomic E-state index is 0.0854. The lowest BCUT2D eigenvalue weighted by atomic mass is 9.95. The molecule has 0 spiro atoms. The van der Waals surface area contributed by atoms with E-state index in [1.807, 2.05) is 6.92 Å². The summed E-state index contributed by atoms with van der Waals surface area (Å²) in [7, 11) is -5.60. The molecule has 0 aromatic carbocycles. The lowest BCUT2D eigenvalue weighted by Gasteiger charge is -2.21. The molecule has 0 rings (SSSR count). The van der Waals surface area contributed by atoms with Crippen LogP contribution < -0.4 is 0 Å². The second-order valence-electron chi connectivity index (χ2n) is 4.87. The molecule has 0 aliphatic heterocycles. The molecule has 0 aromatic rings. The fraction of sp³-hybridized carbons (Fsp3) is 0.833. The van der Waals surface area contributed by atoms with Gasteiger partial charge in [-0.2, -0.15) is 21.6 Å². The lowest BCUT2D eigenvalue weighted by Crippen LogP contribution is -2.27. The van der Waals surface area contributed by atoms with Gasteiger partial charge in [-0.3, -0.25) is 0 Å². The SMILES string of the molecule is CCC[C@@H](C)/C(OS(=O)(=O)C(F)(F)F)=C(\C)C(C)C. The summed E-state index contributed by atoms with van der Waals surface area (Å²) in [6.07, 6.45) is 1.29. The molecule has 0 bridgehead atoms. The number of hydrogen-bond acceptors (Lipinski definition) is 3. The van der Waals surface area contributed by atoms with Crippen LogP contribution >= 0.6 is 0 Å². The molecule has 0 amide bonds. The highest BCUT2D eigenvalue weighted by molar-refractivity contribution is 7.87. The minimum atomic E-state index is -5.60. The van der Waals surface area contributed by atoms with Crippen LogP contribution in [0, 0.1) is 11.8 Å². The Morgan fingerprint density at radius 1 is 1.21 bits per heavy atom. The van der Waals surface area contributed by atoms with Gasteiger partial charge in [-0.1, -0.05) is 34.1 Å². The van der Waals surface area contributed by atoms with Crippen LogP contribution in [0.3, 0.4) is 0 Å². The van der Waals surface area contributed by atoms with Gasteiger partial charge in [0, 0.05) is 5.92 Å². The molecule has 3 nitrogen and oxygen atoms in total. The van der Waals surface area contributed by atoms with E-state index in [9.17, 15) is 21.6 Å². The van der Waals surface area contributed by atoms with Crippen LogP contribution in [0.15, 0.2) is 11.3 Å². The van der Waals surface area contributed by atoms with Crippen LogP contribution in [-0.2, 0) is 14.3 Å². The summed E-state index contributed by atoms with van der Waals surface area (Å²) in [5.74, 6) is -0.545. The number of alkyl halides is 3. The van der Waals surface area contributed by atoms with E-state index >= 15 is 0 Å². The molecule has 0 saturated carbocycles. The third-order valence-corrected chi connectivity index (χ3v) is 3.87. The largest absolute Gasteiger partial charge is 0.534 e. The molecule has 0 aromatic heterocycles. The number of allylic oxidation sites excluding steroid dienone is 2. The molecule has 0 unspecified atom stereocenters. The van der Waals surface area contributed by atoms with Gasteiger partial charge in [0.15, 0.2) is 0 Å². The lowest BCUT2D eigenvalue weighted by molar-refractivity contribution is -0.0527. The van der Waals surface area contributed by atoms with Crippen molar-refractivity contribution in [3.63, 3.8) is 0 Å². The van der Waals surface area contributed by atoms with Gasteiger partial charge < -0.3 is 4.18 Å². The molecule has 1 atom stereocenters. The van der Waals surface area contributed by atoms with E-state index < -0.39 is 15.6 Å². The summed E-state index contributed by atoms with van der Waals surface area (Å²) >= 11 is 0. The Kier molecular flexibility index (Phi) is 6.38. The first kappa shape index (κ1) is 18.3. The van der Waals surface area contributed by atoms with Gasteiger partial charge >= 0.3 is 15.6 Å². The van der Waals surface area contributed by atoms with Gasteiger partial charge in [-0.15, -0.1) is 0 Å². The zero-order valence-electron chi connectivity index (χ0n) is 11.8. The highest BCUT2D eigenvalue weighted by Crippen LogP contribution is 2.32. The van der Waals surface area contributed by atoms with Crippen molar-refractivity contribution in [3.05, 3.63) is 11.3 Å².